The highest BCUT2D eigenvalue weighted by Gasteiger charge is 2.35. The van der Waals surface area contributed by atoms with E-state index in [4.69, 9.17) is 4.99 Å². The summed E-state index contributed by atoms with van der Waals surface area (Å²) in [6, 6.07) is 8.88. The summed E-state index contributed by atoms with van der Waals surface area (Å²) in [4.78, 5) is 27.7. The molecule has 2 aliphatic rings. The highest BCUT2D eigenvalue weighted by molar-refractivity contribution is 6.13. The maximum absolute atomic E-state index is 13.7. The Kier molecular flexibility index (Phi) is 7.60. The summed E-state index contributed by atoms with van der Waals surface area (Å²) in [5.74, 6) is 0.306. The summed E-state index contributed by atoms with van der Waals surface area (Å²) in [5, 5.41) is 6.28. The Hall–Kier alpha value is -4.20. The number of pyridine rings is 2. The van der Waals surface area contributed by atoms with Gasteiger partial charge in [-0.05, 0) is 36.4 Å². The molecule has 1 amide bonds. The molecule has 0 saturated carbocycles. The van der Waals surface area contributed by atoms with Gasteiger partial charge in [0, 0.05) is 62.7 Å². The molecule has 4 heterocycles. The fourth-order valence-corrected chi connectivity index (χ4v) is 4.77. The van der Waals surface area contributed by atoms with Crippen molar-refractivity contribution in [1.82, 2.24) is 19.8 Å². The van der Waals surface area contributed by atoms with Crippen LogP contribution in [0.5, 0.6) is 0 Å². The number of amidine groups is 1. The number of aromatic nitrogens is 2. The van der Waals surface area contributed by atoms with Gasteiger partial charge in [-0.2, -0.15) is 26.3 Å². The molecule has 1 saturated heterocycles. The molecule has 2 aliphatic heterocycles. The van der Waals surface area contributed by atoms with Crippen molar-refractivity contribution in [3.05, 3.63) is 71.7 Å². The van der Waals surface area contributed by atoms with Crippen molar-refractivity contribution in [2.24, 2.45) is 4.99 Å². The Bertz CT molecular complexity index is 1450. The Balaban J connectivity index is 1.46. The van der Waals surface area contributed by atoms with Crippen LogP contribution in [0.3, 0.4) is 0 Å². The van der Waals surface area contributed by atoms with E-state index in [2.05, 4.69) is 25.5 Å². The summed E-state index contributed by atoms with van der Waals surface area (Å²) in [6.45, 7) is 4.24. The van der Waals surface area contributed by atoms with E-state index in [0.717, 1.165) is 18.3 Å². The zero-order valence-electron chi connectivity index (χ0n) is 21.7. The Morgan fingerprint density at radius 2 is 1.76 bits per heavy atom. The number of benzene rings is 1. The number of nitrogens with zero attached hydrogens (tertiary/aromatic N) is 5. The molecule has 8 nitrogen and oxygen atoms in total. The molecule has 1 fully saturated rings. The third kappa shape index (κ3) is 6.42. The zero-order valence-corrected chi connectivity index (χ0v) is 21.7. The molecule has 5 rings (SSSR count). The first-order valence-electron chi connectivity index (χ1n) is 12.7. The maximum Gasteiger partial charge on any atom is 0.433 e. The molecule has 2 N–H and O–H groups in total. The van der Waals surface area contributed by atoms with Crippen molar-refractivity contribution in [2.75, 3.05) is 43.4 Å². The van der Waals surface area contributed by atoms with Crippen molar-refractivity contribution >= 4 is 23.1 Å². The van der Waals surface area contributed by atoms with Gasteiger partial charge < -0.3 is 15.5 Å². The summed E-state index contributed by atoms with van der Waals surface area (Å²) >= 11 is 0. The molecule has 0 spiro atoms. The smallest absolute Gasteiger partial charge is 0.362 e. The predicted octanol–water partition coefficient (Wildman–Crippen LogP) is 4.96. The van der Waals surface area contributed by atoms with E-state index in [9.17, 15) is 31.1 Å². The number of amides is 1. The molecule has 216 valence electrons. The Labute approximate surface area is 231 Å². The molecule has 1 atom stereocenters. The third-order valence-electron chi connectivity index (χ3n) is 6.83. The lowest BCUT2D eigenvalue weighted by Gasteiger charge is -2.36. The SMILES string of the molecule is CC(=O)N1CCN(CC2N=C(Nc3ccc(C(F)(F)F)nc3)c3ccc(-c4ncccc4C(F)(F)F)cc3N2)CC1. The number of hydrogen-bond acceptors (Lipinski definition) is 7. The van der Waals surface area contributed by atoms with Gasteiger partial charge in [0.2, 0.25) is 5.91 Å². The zero-order chi connectivity index (χ0) is 29.4. The number of aliphatic imine (C=N–C) groups is 1. The highest BCUT2D eigenvalue weighted by Crippen LogP contribution is 2.37. The van der Waals surface area contributed by atoms with Crippen LogP contribution in [0.4, 0.5) is 37.7 Å². The molecular weight excluding hydrogens is 552 g/mol. The highest BCUT2D eigenvalue weighted by atomic mass is 19.4. The molecule has 14 heteroatoms. The number of alkyl halides is 6. The molecule has 0 radical (unpaired) electrons. The largest absolute Gasteiger partial charge is 0.433 e. The average Bonchev–Trinajstić information content (AvgIpc) is 2.92. The number of carbonyl (C=O) groups is 1. The van der Waals surface area contributed by atoms with Crippen LogP contribution in [0, 0.1) is 0 Å². The maximum atomic E-state index is 13.7. The van der Waals surface area contributed by atoms with Crippen LogP contribution in [0.15, 0.2) is 59.9 Å². The van der Waals surface area contributed by atoms with Gasteiger partial charge in [0.25, 0.3) is 0 Å². The molecule has 0 bridgehead atoms. The predicted molar refractivity (Wildman–Crippen MR) is 140 cm³/mol. The van der Waals surface area contributed by atoms with E-state index in [0.29, 0.717) is 49.8 Å². The first kappa shape index (κ1) is 28.3. The van der Waals surface area contributed by atoms with Gasteiger partial charge in [0.1, 0.15) is 17.7 Å². The standard InChI is InChI=1S/C27H25F6N7O/c1-16(41)40-11-9-39(10-12-40)15-23-37-21-13-17(24-20(26(28,29)30)3-2-8-34-24)4-6-19(21)25(38-23)36-18-5-7-22(35-14-18)27(31,32)33/h2-8,13-14,23,37H,9-12,15H2,1H3,(H,36,38). The lowest BCUT2D eigenvalue weighted by atomic mass is 10.0. The quantitative estimate of drug-likeness (QED) is 0.427. The average molecular weight is 578 g/mol. The van der Waals surface area contributed by atoms with Crippen LogP contribution < -0.4 is 10.6 Å². The fourth-order valence-electron chi connectivity index (χ4n) is 4.77. The fraction of sp³-hybridized carbons (Fsp3) is 0.333. The molecule has 41 heavy (non-hydrogen) atoms. The Morgan fingerprint density at radius 1 is 1.00 bits per heavy atom. The molecule has 1 unspecified atom stereocenters. The van der Waals surface area contributed by atoms with Crippen LogP contribution in [0.1, 0.15) is 23.7 Å². The molecular formula is C27H25F6N7O. The van der Waals surface area contributed by atoms with Crippen molar-refractivity contribution < 1.29 is 31.1 Å². The van der Waals surface area contributed by atoms with Gasteiger partial charge >= 0.3 is 12.4 Å². The minimum absolute atomic E-state index is 0.00990. The van der Waals surface area contributed by atoms with Crippen LogP contribution in [0.25, 0.3) is 11.3 Å². The number of piperazine rings is 1. The number of anilines is 2. The van der Waals surface area contributed by atoms with Gasteiger partial charge in [-0.1, -0.05) is 6.07 Å². The summed E-state index contributed by atoms with van der Waals surface area (Å²) < 4.78 is 80.0. The topological polar surface area (TPSA) is 85.8 Å². The first-order chi connectivity index (χ1) is 19.4. The van der Waals surface area contributed by atoms with E-state index in [1.54, 1.807) is 17.0 Å². The summed E-state index contributed by atoms with van der Waals surface area (Å²) in [5.41, 5.74) is -0.674. The normalized spacial score (nSPS) is 17.9. The van der Waals surface area contributed by atoms with Crippen molar-refractivity contribution in [3.8, 4) is 11.3 Å². The number of halogens is 6. The minimum atomic E-state index is -4.61. The molecule has 3 aromatic rings. The molecule has 1 aromatic carbocycles. The minimum Gasteiger partial charge on any atom is -0.362 e. The van der Waals surface area contributed by atoms with Crippen LogP contribution in [-0.4, -0.2) is 70.4 Å². The lowest BCUT2D eigenvalue weighted by Crippen LogP contribution is -2.51. The van der Waals surface area contributed by atoms with Crippen LogP contribution in [-0.2, 0) is 17.1 Å². The van der Waals surface area contributed by atoms with Crippen LogP contribution >= 0.6 is 0 Å². The molecule has 2 aromatic heterocycles. The number of hydrogen-bond donors (Lipinski definition) is 2. The number of nitrogens with one attached hydrogen (secondary N) is 2. The van der Waals surface area contributed by atoms with E-state index >= 15 is 0 Å². The second-order valence-electron chi connectivity index (χ2n) is 9.66. The summed E-state index contributed by atoms with van der Waals surface area (Å²) in [7, 11) is 0. The van der Waals surface area contributed by atoms with Crippen molar-refractivity contribution in [3.63, 3.8) is 0 Å². The number of carbonyl (C=O) groups excluding carboxylic acids is 1. The van der Waals surface area contributed by atoms with E-state index in [1.165, 1.54) is 31.3 Å². The van der Waals surface area contributed by atoms with E-state index in [-0.39, 0.29) is 22.9 Å². The van der Waals surface area contributed by atoms with Gasteiger partial charge in [-0.25, -0.2) is 9.98 Å². The molecule has 0 aliphatic carbocycles. The second-order valence-corrected chi connectivity index (χ2v) is 9.66. The van der Waals surface area contributed by atoms with Crippen LogP contribution in [0.2, 0.25) is 0 Å². The number of fused-ring (bicyclic) bond motifs is 1. The van der Waals surface area contributed by atoms with Crippen molar-refractivity contribution in [2.45, 2.75) is 25.4 Å². The van der Waals surface area contributed by atoms with Gasteiger partial charge in [-0.3, -0.25) is 14.7 Å². The first-order valence-corrected chi connectivity index (χ1v) is 12.7. The third-order valence-corrected chi connectivity index (χ3v) is 6.83. The second kappa shape index (κ2) is 11.0. The van der Waals surface area contributed by atoms with Gasteiger partial charge in [-0.15, -0.1) is 0 Å². The Morgan fingerprint density at radius 3 is 2.39 bits per heavy atom. The monoisotopic (exact) mass is 577 g/mol. The van der Waals surface area contributed by atoms with E-state index < -0.39 is 29.8 Å². The lowest BCUT2D eigenvalue weighted by molar-refractivity contribution is -0.141. The van der Waals surface area contributed by atoms with Gasteiger partial charge in [0.05, 0.1) is 23.1 Å². The number of rotatable bonds is 4. The summed E-state index contributed by atoms with van der Waals surface area (Å²) in [6.07, 6.45) is -7.42. The van der Waals surface area contributed by atoms with Crippen molar-refractivity contribution in [1.29, 1.82) is 0 Å². The van der Waals surface area contributed by atoms with E-state index in [1.807, 2.05) is 0 Å². The van der Waals surface area contributed by atoms with Gasteiger partial charge in [0.15, 0.2) is 0 Å².